The number of carboxylic acid groups (broad SMARTS) is 1. The zero-order valence-corrected chi connectivity index (χ0v) is 8.61. The summed E-state index contributed by atoms with van der Waals surface area (Å²) in [5.41, 5.74) is 0.707. The Labute approximate surface area is 93.6 Å². The fraction of sp³-hybridized carbons (Fsp3) is 0.0769. The Morgan fingerprint density at radius 3 is 2.12 bits per heavy atom. The average molecular weight is 213 g/mol. The summed E-state index contributed by atoms with van der Waals surface area (Å²) in [7, 11) is 0. The molecule has 1 aromatic carbocycles. The van der Waals surface area contributed by atoms with Crippen molar-refractivity contribution in [3.8, 4) is 0 Å². The molecule has 0 bridgehead atoms. The molecule has 80 valence electrons. The molecule has 0 aliphatic rings. The van der Waals surface area contributed by atoms with Crippen molar-refractivity contribution in [1.29, 1.82) is 0 Å². The number of nitrogens with zero attached hydrogens (tertiary/aromatic N) is 1. The maximum absolute atomic E-state index is 11.2. The van der Waals surface area contributed by atoms with Gasteiger partial charge in [-0.3, -0.25) is 0 Å². The van der Waals surface area contributed by atoms with Gasteiger partial charge in [-0.25, -0.2) is 0 Å². The third-order valence-electron chi connectivity index (χ3n) is 2.38. The van der Waals surface area contributed by atoms with E-state index in [1.165, 1.54) is 0 Å². The van der Waals surface area contributed by atoms with Crippen LogP contribution in [0.5, 0.6) is 0 Å². The Balaban J connectivity index is 2.44. The first-order valence-electron chi connectivity index (χ1n) is 5.00. The molecule has 2 aromatic rings. The molecule has 3 heteroatoms. The Kier molecular flexibility index (Phi) is 2.96. The van der Waals surface area contributed by atoms with Gasteiger partial charge >= 0.3 is 0 Å². The molecule has 3 nitrogen and oxygen atoms in total. The normalized spacial score (nSPS) is 12.0. The predicted octanol–water partition coefficient (Wildman–Crippen LogP) is 0.313. The number of rotatable bonds is 3. The minimum absolute atomic E-state index is 0.707. The van der Waals surface area contributed by atoms with Crippen LogP contribution < -0.4 is 9.67 Å². The molecule has 1 atom stereocenters. The standard InChI is InChI=1S/C13H11NO2/c15-13(16)12(11-7-3-1-4-8-11)14-9-5-2-6-10-14/h1-10,12H. The molecule has 1 unspecified atom stereocenters. The molecule has 0 N–H and O–H groups in total. The summed E-state index contributed by atoms with van der Waals surface area (Å²) < 4.78 is 1.62. The highest BCUT2D eigenvalue weighted by molar-refractivity contribution is 5.71. The van der Waals surface area contributed by atoms with Crippen molar-refractivity contribution in [3.05, 3.63) is 66.5 Å². The van der Waals surface area contributed by atoms with Crippen LogP contribution in [0.1, 0.15) is 11.6 Å². The van der Waals surface area contributed by atoms with Gasteiger partial charge in [-0.1, -0.05) is 36.4 Å². The van der Waals surface area contributed by atoms with Gasteiger partial charge in [0.2, 0.25) is 6.04 Å². The van der Waals surface area contributed by atoms with E-state index in [4.69, 9.17) is 0 Å². The number of aromatic nitrogens is 1. The third-order valence-corrected chi connectivity index (χ3v) is 2.38. The maximum atomic E-state index is 11.2. The number of pyridine rings is 1. The van der Waals surface area contributed by atoms with Crippen molar-refractivity contribution in [3.63, 3.8) is 0 Å². The lowest BCUT2D eigenvalue weighted by atomic mass is 10.1. The fourth-order valence-corrected chi connectivity index (χ4v) is 1.65. The highest BCUT2D eigenvalue weighted by Crippen LogP contribution is 2.10. The highest BCUT2D eigenvalue weighted by Gasteiger charge is 2.21. The van der Waals surface area contributed by atoms with Gasteiger partial charge < -0.3 is 9.90 Å². The van der Waals surface area contributed by atoms with Crippen LogP contribution in [0.2, 0.25) is 0 Å². The van der Waals surface area contributed by atoms with Crippen molar-refractivity contribution in [1.82, 2.24) is 0 Å². The van der Waals surface area contributed by atoms with Gasteiger partial charge in [0.05, 0.1) is 0 Å². The number of hydrogen-bond donors (Lipinski definition) is 0. The molecule has 0 saturated carbocycles. The second-order valence-corrected chi connectivity index (χ2v) is 3.45. The number of hydrogen-bond acceptors (Lipinski definition) is 2. The van der Waals surface area contributed by atoms with Crippen molar-refractivity contribution in [2.45, 2.75) is 6.04 Å². The molecule has 0 aliphatic carbocycles. The highest BCUT2D eigenvalue weighted by atomic mass is 16.4. The van der Waals surface area contributed by atoms with Crippen LogP contribution in [0, 0.1) is 0 Å². The molecule has 16 heavy (non-hydrogen) atoms. The molecule has 0 amide bonds. The lowest BCUT2D eigenvalue weighted by Crippen LogP contribution is -2.49. The molecule has 0 fully saturated rings. The lowest BCUT2D eigenvalue weighted by molar-refractivity contribution is -0.707. The Hall–Kier alpha value is -2.16. The van der Waals surface area contributed by atoms with E-state index in [0.717, 1.165) is 0 Å². The molecule has 2 rings (SSSR count). The third kappa shape index (κ3) is 2.08. The minimum Gasteiger partial charge on any atom is -0.543 e. The van der Waals surface area contributed by atoms with Gasteiger partial charge in [0.25, 0.3) is 0 Å². The van der Waals surface area contributed by atoms with E-state index < -0.39 is 12.0 Å². The summed E-state index contributed by atoms with van der Waals surface area (Å²) in [6.07, 6.45) is 3.43. The van der Waals surface area contributed by atoms with E-state index in [1.807, 2.05) is 24.3 Å². The van der Waals surface area contributed by atoms with Crippen LogP contribution in [0.3, 0.4) is 0 Å². The number of benzene rings is 1. The molecule has 0 saturated heterocycles. The zero-order chi connectivity index (χ0) is 11.4. The minimum atomic E-state index is -1.11. The second kappa shape index (κ2) is 4.57. The van der Waals surface area contributed by atoms with Crippen LogP contribution in [0.15, 0.2) is 60.9 Å². The molecular weight excluding hydrogens is 202 g/mol. The molecule has 1 aromatic heterocycles. The van der Waals surface area contributed by atoms with E-state index in [0.29, 0.717) is 5.56 Å². The van der Waals surface area contributed by atoms with Crippen molar-refractivity contribution < 1.29 is 14.5 Å². The number of carboxylic acids is 1. The Morgan fingerprint density at radius 2 is 1.56 bits per heavy atom. The van der Waals surface area contributed by atoms with Crippen LogP contribution in [-0.4, -0.2) is 5.97 Å². The van der Waals surface area contributed by atoms with Gasteiger partial charge in [-0.2, -0.15) is 4.57 Å². The van der Waals surface area contributed by atoms with Crippen LogP contribution in [0.4, 0.5) is 0 Å². The van der Waals surface area contributed by atoms with Crippen molar-refractivity contribution >= 4 is 5.97 Å². The first kappa shape index (κ1) is 10.4. The van der Waals surface area contributed by atoms with Crippen LogP contribution >= 0.6 is 0 Å². The summed E-state index contributed by atoms with van der Waals surface area (Å²) in [6, 6.07) is 13.7. The fourth-order valence-electron chi connectivity index (χ4n) is 1.65. The van der Waals surface area contributed by atoms with Crippen molar-refractivity contribution in [2.24, 2.45) is 0 Å². The van der Waals surface area contributed by atoms with Gasteiger partial charge in [-0.05, 0) is 0 Å². The Bertz CT molecular complexity index is 428. The monoisotopic (exact) mass is 213 g/mol. The van der Waals surface area contributed by atoms with Crippen LogP contribution in [-0.2, 0) is 4.79 Å². The number of aliphatic carboxylic acids is 1. The topological polar surface area (TPSA) is 44.0 Å². The van der Waals surface area contributed by atoms with Crippen molar-refractivity contribution in [2.75, 3.05) is 0 Å². The van der Waals surface area contributed by atoms with Crippen LogP contribution in [0.25, 0.3) is 0 Å². The lowest BCUT2D eigenvalue weighted by Gasteiger charge is -2.13. The number of carbonyl (C=O) groups is 1. The van der Waals surface area contributed by atoms with Gasteiger partial charge in [0.1, 0.15) is 5.97 Å². The summed E-state index contributed by atoms with van der Waals surface area (Å²) in [5, 5.41) is 11.2. The van der Waals surface area contributed by atoms with Gasteiger partial charge in [0.15, 0.2) is 12.4 Å². The Morgan fingerprint density at radius 1 is 1.00 bits per heavy atom. The SMILES string of the molecule is O=C([O-])C(c1ccccc1)[n+]1ccccc1. The van der Waals surface area contributed by atoms with Gasteiger partial charge in [-0.15, -0.1) is 0 Å². The predicted molar refractivity (Wildman–Crippen MR) is 56.2 cm³/mol. The molecule has 0 radical (unpaired) electrons. The summed E-state index contributed by atoms with van der Waals surface area (Å²) in [4.78, 5) is 11.2. The number of carbonyl (C=O) groups excluding carboxylic acids is 1. The zero-order valence-electron chi connectivity index (χ0n) is 8.61. The van der Waals surface area contributed by atoms with E-state index in [9.17, 15) is 9.90 Å². The average Bonchev–Trinajstić information content (AvgIpc) is 2.31. The second-order valence-electron chi connectivity index (χ2n) is 3.45. The largest absolute Gasteiger partial charge is 0.543 e. The molecular formula is C13H11NO2. The molecule has 0 spiro atoms. The summed E-state index contributed by atoms with van der Waals surface area (Å²) in [6.45, 7) is 0. The quantitative estimate of drug-likeness (QED) is 0.689. The van der Waals surface area contributed by atoms with E-state index in [2.05, 4.69) is 0 Å². The first-order chi connectivity index (χ1) is 7.79. The summed E-state index contributed by atoms with van der Waals surface area (Å²) >= 11 is 0. The van der Waals surface area contributed by atoms with E-state index in [-0.39, 0.29) is 0 Å². The van der Waals surface area contributed by atoms with E-state index in [1.54, 1.807) is 41.2 Å². The molecule has 1 heterocycles. The molecule has 0 aliphatic heterocycles. The van der Waals surface area contributed by atoms with E-state index >= 15 is 0 Å². The first-order valence-corrected chi connectivity index (χ1v) is 5.00. The smallest absolute Gasteiger partial charge is 0.223 e. The van der Waals surface area contributed by atoms with Gasteiger partial charge in [0, 0.05) is 17.7 Å². The summed E-state index contributed by atoms with van der Waals surface area (Å²) in [5.74, 6) is -1.11. The maximum Gasteiger partial charge on any atom is 0.223 e.